The molecule has 0 aliphatic rings. The van der Waals surface area contributed by atoms with Gasteiger partial charge in [-0.05, 0) is 36.1 Å². The molecule has 1 aromatic rings. The molecule has 0 spiro atoms. The Bertz CT molecular complexity index is 502. The second-order valence-corrected chi connectivity index (χ2v) is 6.61. The van der Waals surface area contributed by atoms with Gasteiger partial charge in [0, 0.05) is 6.54 Å². The molecule has 0 aliphatic carbocycles. The number of aliphatic hydroxyl groups is 1. The first-order valence-corrected chi connectivity index (χ1v) is 8.69. The lowest BCUT2D eigenvalue weighted by Crippen LogP contribution is -2.25. The van der Waals surface area contributed by atoms with Crippen molar-refractivity contribution < 1.29 is 18.3 Å². The maximum absolute atomic E-state index is 12.2. The van der Waals surface area contributed by atoms with Crippen LogP contribution >= 0.6 is 11.8 Å². The molecule has 0 saturated carbocycles. The minimum atomic E-state index is -3.61. The molecule has 0 fully saturated rings. The third-order valence-corrected chi connectivity index (χ3v) is 4.70. The van der Waals surface area contributed by atoms with Crippen LogP contribution in [0.3, 0.4) is 0 Å². The van der Waals surface area contributed by atoms with Crippen LogP contribution < -0.4 is 9.46 Å². The fraction of sp³-hybridized carbons (Fsp3) is 0.500. The van der Waals surface area contributed by atoms with Crippen LogP contribution in [0.5, 0.6) is 5.75 Å². The van der Waals surface area contributed by atoms with Crippen molar-refractivity contribution in [2.75, 3.05) is 25.7 Å². The van der Waals surface area contributed by atoms with E-state index in [9.17, 15) is 8.42 Å². The van der Waals surface area contributed by atoms with Gasteiger partial charge in [0.05, 0.1) is 13.7 Å². The van der Waals surface area contributed by atoms with E-state index < -0.39 is 10.0 Å². The van der Waals surface area contributed by atoms with Gasteiger partial charge in [0.1, 0.15) is 10.6 Å². The summed E-state index contributed by atoms with van der Waals surface area (Å²) in [5.74, 6) is 1.17. The molecular weight excluding hydrogens is 286 g/mol. The summed E-state index contributed by atoms with van der Waals surface area (Å²) in [5.41, 5.74) is 0.533. The monoisotopic (exact) mass is 305 g/mol. The largest absolute Gasteiger partial charge is 0.495 e. The first-order chi connectivity index (χ1) is 9.05. The first kappa shape index (κ1) is 16.3. The van der Waals surface area contributed by atoms with Crippen molar-refractivity contribution in [2.24, 2.45) is 0 Å². The fourth-order valence-electron chi connectivity index (χ4n) is 1.53. The van der Waals surface area contributed by atoms with Crippen LogP contribution in [0.1, 0.15) is 12.0 Å². The highest BCUT2D eigenvalue weighted by molar-refractivity contribution is 7.98. The van der Waals surface area contributed by atoms with Crippen LogP contribution in [0.4, 0.5) is 0 Å². The zero-order valence-corrected chi connectivity index (χ0v) is 12.7. The number of rotatable bonds is 8. The van der Waals surface area contributed by atoms with Gasteiger partial charge in [0.15, 0.2) is 0 Å². The molecule has 2 N–H and O–H groups in total. The van der Waals surface area contributed by atoms with Gasteiger partial charge >= 0.3 is 0 Å². The Kier molecular flexibility index (Phi) is 6.64. The summed E-state index contributed by atoms with van der Waals surface area (Å²) in [6.07, 6.45) is 2.74. The average molecular weight is 305 g/mol. The molecule has 19 heavy (non-hydrogen) atoms. The van der Waals surface area contributed by atoms with Crippen LogP contribution in [0, 0.1) is 0 Å². The fourth-order valence-corrected chi connectivity index (χ4v) is 3.25. The number of hydrogen-bond donors (Lipinski definition) is 2. The molecule has 0 aliphatic heterocycles. The van der Waals surface area contributed by atoms with E-state index in [1.54, 1.807) is 23.9 Å². The molecule has 0 saturated heterocycles. The molecule has 0 unspecified atom stereocenters. The Morgan fingerprint density at radius 3 is 2.74 bits per heavy atom. The van der Waals surface area contributed by atoms with Gasteiger partial charge in [0.2, 0.25) is 10.0 Å². The molecular formula is C12H19NO4S2. The Morgan fingerprint density at radius 1 is 1.42 bits per heavy atom. The van der Waals surface area contributed by atoms with Crippen molar-refractivity contribution >= 4 is 21.8 Å². The van der Waals surface area contributed by atoms with Crippen LogP contribution in [0.25, 0.3) is 0 Å². The lowest BCUT2D eigenvalue weighted by atomic mass is 10.2. The average Bonchev–Trinajstić information content (AvgIpc) is 2.43. The summed E-state index contributed by atoms with van der Waals surface area (Å²) >= 11 is 1.67. The van der Waals surface area contributed by atoms with E-state index in [0.717, 1.165) is 12.2 Å². The van der Waals surface area contributed by atoms with Gasteiger partial charge in [-0.3, -0.25) is 0 Å². The quantitative estimate of drug-likeness (QED) is 0.706. The minimum Gasteiger partial charge on any atom is -0.495 e. The lowest BCUT2D eigenvalue weighted by molar-refractivity contribution is 0.281. The summed E-state index contributed by atoms with van der Waals surface area (Å²) in [4.78, 5) is 0.0608. The highest BCUT2D eigenvalue weighted by atomic mass is 32.2. The molecule has 0 radical (unpaired) electrons. The highest BCUT2D eigenvalue weighted by Crippen LogP contribution is 2.24. The zero-order chi connectivity index (χ0) is 14.3. The summed E-state index contributed by atoms with van der Waals surface area (Å²) < 4.78 is 31.9. The van der Waals surface area contributed by atoms with Crippen molar-refractivity contribution in [1.29, 1.82) is 0 Å². The highest BCUT2D eigenvalue weighted by Gasteiger charge is 2.19. The molecule has 1 rings (SSSR count). The van der Waals surface area contributed by atoms with Gasteiger partial charge in [-0.2, -0.15) is 11.8 Å². The van der Waals surface area contributed by atoms with Crippen LogP contribution in [-0.2, 0) is 16.6 Å². The van der Waals surface area contributed by atoms with Crippen LogP contribution in [0.15, 0.2) is 23.1 Å². The smallest absolute Gasteiger partial charge is 0.244 e. The van der Waals surface area contributed by atoms with E-state index >= 15 is 0 Å². The maximum Gasteiger partial charge on any atom is 0.244 e. The number of aliphatic hydroxyl groups excluding tert-OH is 1. The molecule has 108 valence electrons. The summed E-state index contributed by atoms with van der Waals surface area (Å²) in [6.45, 7) is 0.175. The number of benzene rings is 1. The molecule has 0 atom stereocenters. The third-order valence-electron chi connectivity index (χ3n) is 2.52. The first-order valence-electron chi connectivity index (χ1n) is 5.81. The predicted molar refractivity (Wildman–Crippen MR) is 77.1 cm³/mol. The molecule has 5 nitrogen and oxygen atoms in total. The zero-order valence-electron chi connectivity index (χ0n) is 11.0. The lowest BCUT2D eigenvalue weighted by Gasteiger charge is -2.11. The van der Waals surface area contributed by atoms with Gasteiger partial charge in [-0.15, -0.1) is 0 Å². The molecule has 7 heteroatoms. The Labute approximate surface area is 118 Å². The topological polar surface area (TPSA) is 75.6 Å². The second kappa shape index (κ2) is 7.74. The van der Waals surface area contributed by atoms with Gasteiger partial charge in [0.25, 0.3) is 0 Å². The van der Waals surface area contributed by atoms with Crippen molar-refractivity contribution in [2.45, 2.75) is 17.9 Å². The van der Waals surface area contributed by atoms with Crippen molar-refractivity contribution in [3.63, 3.8) is 0 Å². The number of ether oxygens (including phenoxy) is 1. The molecule has 1 aromatic carbocycles. The van der Waals surface area contributed by atoms with Crippen molar-refractivity contribution in [1.82, 2.24) is 4.72 Å². The van der Waals surface area contributed by atoms with Crippen molar-refractivity contribution in [3.8, 4) is 5.75 Å². The second-order valence-electron chi connectivity index (χ2n) is 3.89. The van der Waals surface area contributed by atoms with Gasteiger partial charge in [-0.1, -0.05) is 6.07 Å². The Hall–Kier alpha value is -0.760. The van der Waals surface area contributed by atoms with E-state index in [-0.39, 0.29) is 17.3 Å². The SMILES string of the molecule is COc1ccc(CO)cc1S(=O)(=O)NCCCSC. The Balaban J connectivity index is 2.92. The minimum absolute atomic E-state index is 0.0608. The van der Waals surface area contributed by atoms with E-state index in [0.29, 0.717) is 12.1 Å². The predicted octanol–water partition coefficient (Wildman–Crippen LogP) is 1.22. The number of methoxy groups -OCH3 is 1. The van der Waals surface area contributed by atoms with E-state index in [1.165, 1.54) is 13.2 Å². The number of hydrogen-bond acceptors (Lipinski definition) is 5. The summed E-state index contributed by atoms with van der Waals surface area (Å²) in [5, 5.41) is 9.08. The van der Waals surface area contributed by atoms with Crippen molar-refractivity contribution in [3.05, 3.63) is 23.8 Å². The number of thioether (sulfide) groups is 1. The summed E-state index contributed by atoms with van der Waals surface area (Å²) in [7, 11) is -2.19. The number of nitrogens with one attached hydrogen (secondary N) is 1. The van der Waals surface area contributed by atoms with Crippen LogP contribution in [0.2, 0.25) is 0 Å². The Morgan fingerprint density at radius 2 is 2.16 bits per heavy atom. The molecule has 0 amide bonds. The summed E-state index contributed by atoms with van der Waals surface area (Å²) in [6, 6.07) is 4.60. The van der Waals surface area contributed by atoms with Gasteiger partial charge in [-0.25, -0.2) is 13.1 Å². The van der Waals surface area contributed by atoms with E-state index in [1.807, 2.05) is 6.26 Å². The van der Waals surface area contributed by atoms with Crippen LogP contribution in [-0.4, -0.2) is 39.2 Å². The van der Waals surface area contributed by atoms with Gasteiger partial charge < -0.3 is 9.84 Å². The molecule has 0 aromatic heterocycles. The molecule has 0 bridgehead atoms. The number of sulfonamides is 1. The normalized spacial score (nSPS) is 11.5. The van der Waals surface area contributed by atoms with E-state index in [4.69, 9.17) is 9.84 Å². The maximum atomic E-state index is 12.2. The standard InChI is InChI=1S/C12H19NO4S2/c1-17-11-5-4-10(9-14)8-12(11)19(15,16)13-6-3-7-18-2/h4-5,8,13-14H,3,6-7,9H2,1-2H3. The third kappa shape index (κ3) is 4.68. The van der Waals surface area contributed by atoms with E-state index in [2.05, 4.69) is 4.72 Å². The molecule has 0 heterocycles.